The Morgan fingerprint density at radius 2 is 1.06 bits per heavy atom. The summed E-state index contributed by atoms with van der Waals surface area (Å²) in [5.41, 5.74) is 7.41. The SMILES string of the molecule is Cc1cccc(-n2ccn3c(S(=O)(=O)Cc4ccccc4)nnc3c2=O)c1C.Cc1cccc(-n2ccn3c(SCc4ccccc4)nnc3c2=O)c1C. The van der Waals surface area contributed by atoms with Crippen LogP contribution >= 0.6 is 11.8 Å². The Morgan fingerprint density at radius 3 is 1.63 bits per heavy atom. The molecular weight excluding hydrogens is 721 g/mol. The van der Waals surface area contributed by atoms with Crippen molar-refractivity contribution in [3.63, 3.8) is 0 Å². The average Bonchev–Trinajstić information content (AvgIpc) is 3.81. The molecule has 0 atom stereocenters. The molecule has 0 radical (unpaired) electrons. The Bertz CT molecular complexity index is 2860. The summed E-state index contributed by atoms with van der Waals surface area (Å²) in [6, 6.07) is 30.6. The van der Waals surface area contributed by atoms with Crippen LogP contribution in [-0.2, 0) is 21.3 Å². The molecule has 4 aromatic carbocycles. The first-order valence-electron chi connectivity index (χ1n) is 17.0. The number of aryl methyl sites for hydroxylation is 2. The Kier molecular flexibility index (Phi) is 10.1. The van der Waals surface area contributed by atoms with Crippen molar-refractivity contribution >= 4 is 32.9 Å². The van der Waals surface area contributed by atoms with E-state index in [1.54, 1.807) is 57.4 Å². The maximum atomic E-state index is 12.9. The summed E-state index contributed by atoms with van der Waals surface area (Å²) in [7, 11) is -3.76. The first kappa shape index (κ1) is 36.2. The first-order chi connectivity index (χ1) is 26.0. The summed E-state index contributed by atoms with van der Waals surface area (Å²) in [5.74, 6) is 0.566. The van der Waals surface area contributed by atoms with Gasteiger partial charge in [0.15, 0.2) is 5.16 Å². The van der Waals surface area contributed by atoms with Gasteiger partial charge in [0.25, 0.3) is 5.16 Å². The topological polar surface area (TPSA) is 139 Å². The van der Waals surface area contributed by atoms with Crippen LogP contribution in [-0.4, -0.2) is 46.7 Å². The minimum absolute atomic E-state index is 0.0324. The average molecular weight is 757 g/mol. The summed E-state index contributed by atoms with van der Waals surface area (Å²) in [4.78, 5) is 25.8. The van der Waals surface area contributed by atoms with Crippen LogP contribution in [0.3, 0.4) is 0 Å². The Balaban J connectivity index is 0.000000167. The number of aromatic nitrogens is 8. The van der Waals surface area contributed by atoms with E-state index in [1.807, 2.05) is 94.6 Å². The maximum absolute atomic E-state index is 12.9. The zero-order valence-corrected chi connectivity index (χ0v) is 31.6. The van der Waals surface area contributed by atoms with Gasteiger partial charge >= 0.3 is 11.1 Å². The van der Waals surface area contributed by atoms with Gasteiger partial charge in [-0.3, -0.25) is 27.5 Å². The lowest BCUT2D eigenvalue weighted by atomic mass is 10.1. The number of rotatable bonds is 8. The number of hydrogen-bond donors (Lipinski definition) is 0. The van der Waals surface area contributed by atoms with Crippen molar-refractivity contribution in [1.29, 1.82) is 0 Å². The van der Waals surface area contributed by atoms with Gasteiger partial charge in [-0.05, 0) is 73.2 Å². The van der Waals surface area contributed by atoms with E-state index in [-0.39, 0.29) is 22.1 Å². The highest BCUT2D eigenvalue weighted by Gasteiger charge is 2.24. The molecule has 272 valence electrons. The van der Waals surface area contributed by atoms with E-state index >= 15 is 0 Å². The van der Waals surface area contributed by atoms with Crippen LogP contribution in [0.5, 0.6) is 0 Å². The van der Waals surface area contributed by atoms with E-state index in [0.29, 0.717) is 16.4 Å². The number of nitrogens with zero attached hydrogens (tertiary/aromatic N) is 8. The second-order valence-electron chi connectivity index (χ2n) is 12.8. The number of thioether (sulfide) groups is 1. The van der Waals surface area contributed by atoms with E-state index in [4.69, 9.17) is 0 Å². The largest absolute Gasteiger partial charge is 0.300 e. The molecule has 14 heteroatoms. The van der Waals surface area contributed by atoms with E-state index in [2.05, 4.69) is 32.5 Å². The van der Waals surface area contributed by atoms with Gasteiger partial charge in [-0.2, -0.15) is 0 Å². The van der Waals surface area contributed by atoms with Gasteiger partial charge in [0, 0.05) is 30.5 Å². The van der Waals surface area contributed by atoms with Crippen molar-refractivity contribution in [2.75, 3.05) is 0 Å². The highest BCUT2D eigenvalue weighted by molar-refractivity contribution is 7.98. The minimum atomic E-state index is -3.76. The molecule has 8 aromatic rings. The van der Waals surface area contributed by atoms with Gasteiger partial charge in [-0.1, -0.05) is 96.7 Å². The lowest BCUT2D eigenvalue weighted by Gasteiger charge is -2.11. The van der Waals surface area contributed by atoms with E-state index < -0.39 is 15.4 Å². The van der Waals surface area contributed by atoms with Crippen LogP contribution in [0.2, 0.25) is 0 Å². The second kappa shape index (κ2) is 15.1. The van der Waals surface area contributed by atoms with E-state index in [1.165, 1.54) is 20.7 Å². The van der Waals surface area contributed by atoms with Gasteiger partial charge in [-0.15, -0.1) is 20.4 Å². The fourth-order valence-corrected chi connectivity index (χ4v) is 8.24. The van der Waals surface area contributed by atoms with Crippen LogP contribution < -0.4 is 11.1 Å². The minimum Gasteiger partial charge on any atom is -0.279 e. The van der Waals surface area contributed by atoms with Gasteiger partial charge in [-0.25, -0.2) is 8.42 Å². The Labute approximate surface area is 315 Å². The Morgan fingerprint density at radius 1 is 0.556 bits per heavy atom. The normalized spacial score (nSPS) is 11.5. The number of sulfone groups is 1. The van der Waals surface area contributed by atoms with Crippen LogP contribution in [0.4, 0.5) is 0 Å². The molecule has 0 amide bonds. The van der Waals surface area contributed by atoms with Crippen molar-refractivity contribution in [2.24, 2.45) is 0 Å². The van der Waals surface area contributed by atoms with Gasteiger partial charge < -0.3 is 0 Å². The second-order valence-corrected chi connectivity index (χ2v) is 15.6. The molecule has 0 saturated carbocycles. The molecule has 0 unspecified atom stereocenters. The third-order valence-corrected chi connectivity index (χ3v) is 11.8. The standard InChI is InChI=1S/C20H18N4O3S.C20H18N4OS/c1-14-7-6-10-17(15(14)2)23-11-12-24-18(19(23)25)21-22-20(24)28(26,27)13-16-8-4-3-5-9-16;1-14-7-6-10-17(15(14)2)23-11-12-24-18(19(23)25)21-22-20(24)26-13-16-8-4-3-5-9-16/h3-12H,13H2,1-2H3;3-12H,13H2,1-2H3. The quantitative estimate of drug-likeness (QED) is 0.165. The van der Waals surface area contributed by atoms with Gasteiger partial charge in [0.05, 0.1) is 17.1 Å². The van der Waals surface area contributed by atoms with Crippen molar-refractivity contribution < 1.29 is 8.42 Å². The molecule has 0 saturated heterocycles. The number of benzene rings is 4. The van der Waals surface area contributed by atoms with Crippen molar-refractivity contribution in [3.05, 3.63) is 176 Å². The monoisotopic (exact) mass is 756 g/mol. The summed E-state index contributed by atoms with van der Waals surface area (Å²) in [6.07, 6.45) is 6.69. The van der Waals surface area contributed by atoms with Crippen LogP contribution in [0.15, 0.2) is 142 Å². The predicted octanol–water partition coefficient (Wildman–Crippen LogP) is 6.26. The molecule has 0 fully saturated rings. The molecule has 0 aliphatic heterocycles. The van der Waals surface area contributed by atoms with Crippen LogP contribution in [0.1, 0.15) is 33.4 Å². The predicted molar refractivity (Wildman–Crippen MR) is 209 cm³/mol. The molecule has 54 heavy (non-hydrogen) atoms. The third kappa shape index (κ3) is 7.13. The Hall–Kier alpha value is -6.12. The van der Waals surface area contributed by atoms with Crippen molar-refractivity contribution in [1.82, 2.24) is 38.3 Å². The molecule has 4 aromatic heterocycles. The van der Waals surface area contributed by atoms with Gasteiger partial charge in [0.2, 0.25) is 21.1 Å². The highest BCUT2D eigenvalue weighted by atomic mass is 32.2. The van der Waals surface area contributed by atoms with Crippen LogP contribution in [0, 0.1) is 27.7 Å². The summed E-state index contributed by atoms with van der Waals surface area (Å²) < 4.78 is 31.7. The fraction of sp³-hybridized carbons (Fsp3) is 0.150. The molecular formula is C40H36N8O4S2. The zero-order valence-electron chi connectivity index (χ0n) is 30.0. The molecule has 0 bridgehead atoms. The number of hydrogen-bond acceptors (Lipinski definition) is 9. The van der Waals surface area contributed by atoms with Crippen molar-refractivity contribution in [2.45, 2.75) is 49.5 Å². The van der Waals surface area contributed by atoms with Crippen molar-refractivity contribution in [3.8, 4) is 11.4 Å². The van der Waals surface area contributed by atoms with Gasteiger partial charge in [0.1, 0.15) is 0 Å². The molecule has 12 nitrogen and oxygen atoms in total. The summed E-state index contributed by atoms with van der Waals surface area (Å²) in [5, 5.41) is 16.5. The first-order valence-corrected chi connectivity index (χ1v) is 19.7. The maximum Gasteiger partial charge on any atom is 0.300 e. The summed E-state index contributed by atoms with van der Waals surface area (Å²) >= 11 is 1.57. The zero-order chi connectivity index (χ0) is 38.0. The third-order valence-electron chi connectivity index (χ3n) is 9.24. The molecule has 8 rings (SSSR count). The lowest BCUT2D eigenvalue weighted by Crippen LogP contribution is -2.22. The lowest BCUT2D eigenvalue weighted by molar-refractivity contribution is 0.584. The highest BCUT2D eigenvalue weighted by Crippen LogP contribution is 2.22. The molecule has 0 spiro atoms. The van der Waals surface area contributed by atoms with E-state index in [9.17, 15) is 18.0 Å². The van der Waals surface area contributed by atoms with E-state index in [0.717, 1.165) is 39.4 Å². The smallest absolute Gasteiger partial charge is 0.279 e. The van der Waals surface area contributed by atoms with Crippen LogP contribution in [0.25, 0.3) is 22.7 Å². The fourth-order valence-electron chi connectivity index (χ4n) is 6.00. The molecule has 0 aliphatic carbocycles. The number of fused-ring (bicyclic) bond motifs is 2. The molecule has 4 heterocycles. The molecule has 0 N–H and O–H groups in total. The summed E-state index contributed by atoms with van der Waals surface area (Å²) in [6.45, 7) is 7.96. The molecule has 0 aliphatic rings.